The summed E-state index contributed by atoms with van der Waals surface area (Å²) in [6.45, 7) is 5.41. The lowest BCUT2D eigenvalue weighted by molar-refractivity contribution is -0.126. The summed E-state index contributed by atoms with van der Waals surface area (Å²) >= 11 is 0. The van der Waals surface area contributed by atoms with Gasteiger partial charge in [-0.15, -0.1) is 0 Å². The van der Waals surface area contributed by atoms with Crippen molar-refractivity contribution in [3.05, 3.63) is 124 Å². The molecular formula is C32H31N5O2. The van der Waals surface area contributed by atoms with Crippen molar-refractivity contribution in [3.63, 3.8) is 0 Å². The van der Waals surface area contributed by atoms with Crippen molar-refractivity contribution in [3.8, 4) is 6.07 Å². The Morgan fingerprint density at radius 3 is 2.56 bits per heavy atom. The molecule has 5 rings (SSSR count). The van der Waals surface area contributed by atoms with Gasteiger partial charge in [0.2, 0.25) is 5.91 Å². The quantitative estimate of drug-likeness (QED) is 0.395. The molecule has 0 fully saturated rings. The lowest BCUT2D eigenvalue weighted by Crippen LogP contribution is -2.53. The van der Waals surface area contributed by atoms with E-state index in [0.717, 1.165) is 33.5 Å². The number of aryl methyl sites for hydroxylation is 1. The van der Waals surface area contributed by atoms with E-state index in [1.54, 1.807) is 23.4 Å². The third-order valence-electron chi connectivity index (χ3n) is 7.56. The number of carbonyl (C=O) groups excluding carboxylic acids is 2. The Morgan fingerprint density at radius 2 is 1.79 bits per heavy atom. The number of nitriles is 1. The molecule has 2 amide bonds. The van der Waals surface area contributed by atoms with Gasteiger partial charge in [0.25, 0.3) is 5.91 Å². The lowest BCUT2D eigenvalue weighted by atomic mass is 9.92. The van der Waals surface area contributed by atoms with Gasteiger partial charge in [-0.3, -0.25) is 9.59 Å². The summed E-state index contributed by atoms with van der Waals surface area (Å²) in [4.78, 5) is 33.3. The molecule has 0 spiro atoms. The van der Waals surface area contributed by atoms with E-state index in [2.05, 4.69) is 16.4 Å². The highest BCUT2D eigenvalue weighted by atomic mass is 16.2. The van der Waals surface area contributed by atoms with Crippen LogP contribution in [0.4, 0.5) is 0 Å². The number of hydrogen-bond acceptors (Lipinski definition) is 4. The topological polar surface area (TPSA) is 91.0 Å². The van der Waals surface area contributed by atoms with Gasteiger partial charge in [-0.25, -0.2) is 4.98 Å². The van der Waals surface area contributed by atoms with Gasteiger partial charge in [0.15, 0.2) is 0 Å². The van der Waals surface area contributed by atoms with E-state index in [1.807, 2.05) is 79.2 Å². The Morgan fingerprint density at radius 1 is 1.03 bits per heavy atom. The molecule has 7 nitrogen and oxygen atoms in total. The predicted molar refractivity (Wildman–Crippen MR) is 149 cm³/mol. The number of benzene rings is 3. The molecule has 4 aromatic rings. The van der Waals surface area contributed by atoms with Crippen molar-refractivity contribution in [2.24, 2.45) is 0 Å². The van der Waals surface area contributed by atoms with Crippen LogP contribution in [0.25, 0.3) is 0 Å². The fourth-order valence-corrected chi connectivity index (χ4v) is 5.12. The van der Waals surface area contributed by atoms with Crippen LogP contribution in [0.2, 0.25) is 0 Å². The molecule has 1 aliphatic heterocycles. The molecular weight excluding hydrogens is 486 g/mol. The maximum absolute atomic E-state index is 13.7. The average molecular weight is 518 g/mol. The van der Waals surface area contributed by atoms with E-state index in [-0.39, 0.29) is 11.8 Å². The Labute approximate surface area is 228 Å². The molecule has 1 N–H and O–H groups in total. The van der Waals surface area contributed by atoms with Crippen LogP contribution in [0, 0.1) is 25.2 Å². The van der Waals surface area contributed by atoms with Crippen molar-refractivity contribution in [2.45, 2.75) is 45.8 Å². The number of imidazole rings is 1. The van der Waals surface area contributed by atoms with Gasteiger partial charge in [-0.1, -0.05) is 48.5 Å². The molecule has 0 aliphatic carbocycles. The van der Waals surface area contributed by atoms with Crippen molar-refractivity contribution in [2.75, 3.05) is 6.54 Å². The molecule has 1 aliphatic rings. The van der Waals surface area contributed by atoms with Crippen molar-refractivity contribution in [1.82, 2.24) is 19.8 Å². The molecule has 3 aromatic carbocycles. The van der Waals surface area contributed by atoms with Crippen molar-refractivity contribution >= 4 is 11.8 Å². The Hall–Kier alpha value is -4.70. The number of carbonyl (C=O) groups is 2. The fraction of sp³-hybridized carbons (Fsp3) is 0.250. The first-order chi connectivity index (χ1) is 18.9. The van der Waals surface area contributed by atoms with Crippen LogP contribution in [0.5, 0.6) is 0 Å². The van der Waals surface area contributed by atoms with Crippen LogP contribution < -0.4 is 5.32 Å². The summed E-state index contributed by atoms with van der Waals surface area (Å²) in [5.41, 5.74) is 7.50. The van der Waals surface area contributed by atoms with Crippen LogP contribution in [-0.4, -0.2) is 38.9 Å². The van der Waals surface area contributed by atoms with Gasteiger partial charge >= 0.3 is 0 Å². The van der Waals surface area contributed by atoms with Crippen LogP contribution >= 0.6 is 0 Å². The third kappa shape index (κ3) is 5.60. The molecule has 1 aromatic heterocycles. The minimum atomic E-state index is -0.587. The van der Waals surface area contributed by atoms with E-state index >= 15 is 0 Å². The molecule has 0 saturated carbocycles. The highest BCUT2D eigenvalue weighted by Gasteiger charge is 2.35. The van der Waals surface area contributed by atoms with Crippen LogP contribution in [-0.2, 0) is 30.7 Å². The first-order valence-corrected chi connectivity index (χ1v) is 13.1. The number of rotatable bonds is 7. The smallest absolute Gasteiger partial charge is 0.255 e. The van der Waals surface area contributed by atoms with Gasteiger partial charge in [0, 0.05) is 49.9 Å². The highest BCUT2D eigenvalue weighted by Crippen LogP contribution is 2.26. The number of fused-ring (bicyclic) bond motifs is 1. The summed E-state index contributed by atoms with van der Waals surface area (Å²) in [5.74, 6) is -0.271. The largest absolute Gasteiger partial charge is 0.354 e. The van der Waals surface area contributed by atoms with Crippen molar-refractivity contribution in [1.29, 1.82) is 5.26 Å². The Kier molecular flexibility index (Phi) is 7.55. The number of amides is 2. The second kappa shape index (κ2) is 11.4. The zero-order valence-corrected chi connectivity index (χ0v) is 22.2. The zero-order valence-electron chi connectivity index (χ0n) is 22.2. The van der Waals surface area contributed by atoms with Gasteiger partial charge in [-0.2, -0.15) is 5.26 Å². The maximum atomic E-state index is 13.7. The van der Waals surface area contributed by atoms with E-state index in [0.29, 0.717) is 43.6 Å². The monoisotopic (exact) mass is 517 g/mol. The second-order valence-electron chi connectivity index (χ2n) is 10.0. The SMILES string of the molecule is Cc1cccc(C(=O)N2Cc3ccccc3CC2C(=O)NCCc2cncn2Cc2ccc(C#N)cc2)c1C. The Bertz CT molecular complexity index is 1550. The normalized spacial score (nSPS) is 14.4. The van der Waals surface area contributed by atoms with E-state index in [9.17, 15) is 9.59 Å². The number of nitrogens with zero attached hydrogens (tertiary/aromatic N) is 4. The summed E-state index contributed by atoms with van der Waals surface area (Å²) in [6, 6.07) is 22.8. The molecule has 1 unspecified atom stereocenters. The molecule has 196 valence electrons. The molecule has 2 heterocycles. The molecule has 0 saturated heterocycles. The molecule has 39 heavy (non-hydrogen) atoms. The standard InChI is InChI=1S/C32H31N5O2/c1-22-6-5-9-29(23(22)2)32(39)37-20-27-8-4-3-7-26(27)16-30(37)31(38)35-15-14-28-18-34-21-36(28)19-25-12-10-24(17-33)11-13-25/h3-13,18,21,30H,14-16,19-20H2,1-2H3,(H,35,38). The minimum Gasteiger partial charge on any atom is -0.354 e. The third-order valence-corrected chi connectivity index (χ3v) is 7.56. The van der Waals surface area contributed by atoms with Gasteiger partial charge in [0.1, 0.15) is 6.04 Å². The molecule has 7 heteroatoms. The number of hydrogen-bond donors (Lipinski definition) is 1. The predicted octanol–water partition coefficient (Wildman–Crippen LogP) is 4.35. The van der Waals surface area contributed by atoms with Gasteiger partial charge < -0.3 is 14.8 Å². The summed E-state index contributed by atoms with van der Waals surface area (Å²) in [7, 11) is 0. The molecule has 1 atom stereocenters. The molecule has 0 radical (unpaired) electrons. The van der Waals surface area contributed by atoms with Crippen LogP contribution in [0.3, 0.4) is 0 Å². The fourth-order valence-electron chi connectivity index (χ4n) is 5.12. The minimum absolute atomic E-state index is 0.119. The highest BCUT2D eigenvalue weighted by molar-refractivity contribution is 5.99. The number of aromatic nitrogens is 2. The maximum Gasteiger partial charge on any atom is 0.255 e. The summed E-state index contributed by atoms with van der Waals surface area (Å²) < 4.78 is 2.04. The Balaban J connectivity index is 1.28. The van der Waals surface area contributed by atoms with E-state index < -0.39 is 6.04 Å². The second-order valence-corrected chi connectivity index (χ2v) is 10.0. The summed E-state index contributed by atoms with van der Waals surface area (Å²) in [6.07, 6.45) is 4.67. The van der Waals surface area contributed by atoms with Gasteiger partial charge in [-0.05, 0) is 59.9 Å². The van der Waals surface area contributed by atoms with Crippen LogP contribution in [0.1, 0.15) is 49.4 Å². The van der Waals surface area contributed by atoms with Crippen molar-refractivity contribution < 1.29 is 9.59 Å². The first-order valence-electron chi connectivity index (χ1n) is 13.1. The summed E-state index contributed by atoms with van der Waals surface area (Å²) in [5, 5.41) is 12.1. The van der Waals surface area contributed by atoms with E-state index in [1.165, 1.54) is 0 Å². The first kappa shape index (κ1) is 25.9. The van der Waals surface area contributed by atoms with Gasteiger partial charge in [0.05, 0.1) is 18.0 Å². The average Bonchev–Trinajstić information content (AvgIpc) is 3.40. The lowest BCUT2D eigenvalue weighted by Gasteiger charge is -2.36. The zero-order chi connectivity index (χ0) is 27.4. The molecule has 0 bridgehead atoms. The number of nitrogens with one attached hydrogen (secondary N) is 1. The van der Waals surface area contributed by atoms with E-state index in [4.69, 9.17) is 5.26 Å². The van der Waals surface area contributed by atoms with Crippen LogP contribution in [0.15, 0.2) is 79.3 Å².